The van der Waals surface area contributed by atoms with E-state index in [0.29, 0.717) is 18.5 Å². The molecule has 1 aromatic carbocycles. The van der Waals surface area contributed by atoms with Crippen LogP contribution in [0.2, 0.25) is 0 Å². The van der Waals surface area contributed by atoms with Crippen LogP contribution in [-0.2, 0) is 11.3 Å². The maximum Gasteiger partial charge on any atom is 0.234 e. The molecular weight excluding hydrogens is 310 g/mol. The Balaban J connectivity index is 1.40. The fourth-order valence-electron chi connectivity index (χ4n) is 4.12. The Labute approximate surface area is 152 Å². The molecule has 4 nitrogen and oxygen atoms in total. The molecule has 1 amide bonds. The van der Waals surface area contributed by atoms with Crippen molar-refractivity contribution in [3.63, 3.8) is 0 Å². The van der Waals surface area contributed by atoms with Gasteiger partial charge in [-0.3, -0.25) is 14.6 Å². The molecule has 1 N–H and O–H groups in total. The van der Waals surface area contributed by atoms with Crippen LogP contribution in [-0.4, -0.2) is 54.5 Å². The van der Waals surface area contributed by atoms with Crippen LogP contribution in [0.5, 0.6) is 0 Å². The third-order valence-electron chi connectivity index (χ3n) is 5.95. The average Bonchev–Trinajstić information content (AvgIpc) is 2.61. The molecule has 0 radical (unpaired) electrons. The minimum Gasteiger partial charge on any atom is -0.352 e. The number of piperazine rings is 1. The number of aryl methyl sites for hydroxylation is 1. The van der Waals surface area contributed by atoms with Gasteiger partial charge in [0, 0.05) is 38.8 Å². The number of carbonyl (C=O) groups is 1. The first kappa shape index (κ1) is 18.4. The summed E-state index contributed by atoms with van der Waals surface area (Å²) in [5, 5.41) is 3.28. The minimum absolute atomic E-state index is 0.214. The summed E-state index contributed by atoms with van der Waals surface area (Å²) >= 11 is 0. The minimum atomic E-state index is 0.214. The van der Waals surface area contributed by atoms with Crippen molar-refractivity contribution in [3.8, 4) is 0 Å². The van der Waals surface area contributed by atoms with Crippen LogP contribution >= 0.6 is 0 Å². The average molecular weight is 344 g/mol. The van der Waals surface area contributed by atoms with Crippen LogP contribution in [0.25, 0.3) is 0 Å². The summed E-state index contributed by atoms with van der Waals surface area (Å²) in [7, 11) is 0. The maximum absolute atomic E-state index is 12.4. The van der Waals surface area contributed by atoms with Gasteiger partial charge in [0.25, 0.3) is 0 Å². The van der Waals surface area contributed by atoms with Crippen molar-refractivity contribution in [1.29, 1.82) is 0 Å². The van der Waals surface area contributed by atoms with E-state index in [1.165, 1.54) is 30.4 Å². The highest BCUT2D eigenvalue weighted by Crippen LogP contribution is 2.23. The van der Waals surface area contributed by atoms with Crippen molar-refractivity contribution in [1.82, 2.24) is 15.1 Å². The first-order chi connectivity index (χ1) is 12.1. The molecule has 0 unspecified atom stereocenters. The normalized spacial score (nSPS) is 25.7. The number of hydrogen-bond donors (Lipinski definition) is 1. The summed E-state index contributed by atoms with van der Waals surface area (Å²) < 4.78 is 0. The van der Waals surface area contributed by atoms with Crippen LogP contribution in [0.1, 0.15) is 43.7 Å². The predicted octanol–water partition coefficient (Wildman–Crippen LogP) is 2.81. The zero-order chi connectivity index (χ0) is 17.6. The molecule has 1 saturated heterocycles. The molecule has 0 bridgehead atoms. The second-order valence-corrected chi connectivity index (χ2v) is 7.91. The van der Waals surface area contributed by atoms with Crippen LogP contribution in [0.15, 0.2) is 24.3 Å². The van der Waals surface area contributed by atoms with Crippen molar-refractivity contribution in [3.05, 3.63) is 35.4 Å². The molecule has 138 valence electrons. The monoisotopic (exact) mass is 343 g/mol. The molecule has 2 aliphatic rings. The third-order valence-corrected chi connectivity index (χ3v) is 5.95. The van der Waals surface area contributed by atoms with E-state index in [9.17, 15) is 4.79 Å². The standard InChI is InChI=1S/C21H33N3O/c1-17-7-3-5-9-19(17)15-23-11-13-24(14-12-23)16-21(25)22-20-10-6-4-8-18(20)2/h3,5,7,9,18,20H,4,6,8,10-16H2,1-2H3,(H,22,25)/t18-,20-/m1/s1. The zero-order valence-corrected chi connectivity index (χ0v) is 15.8. The number of carbonyl (C=O) groups excluding carboxylic acids is 1. The Kier molecular flexibility index (Phi) is 6.49. The molecule has 25 heavy (non-hydrogen) atoms. The molecule has 1 saturated carbocycles. The molecule has 1 aliphatic heterocycles. The van der Waals surface area contributed by atoms with Gasteiger partial charge in [-0.2, -0.15) is 0 Å². The highest BCUT2D eigenvalue weighted by atomic mass is 16.2. The molecule has 3 rings (SSSR count). The van der Waals surface area contributed by atoms with E-state index in [0.717, 1.165) is 39.1 Å². The molecule has 1 heterocycles. The lowest BCUT2D eigenvalue weighted by Gasteiger charge is -2.35. The molecule has 1 aliphatic carbocycles. The van der Waals surface area contributed by atoms with Gasteiger partial charge in [-0.25, -0.2) is 0 Å². The SMILES string of the molecule is Cc1ccccc1CN1CCN(CC(=O)N[C@@H]2CCCC[C@H]2C)CC1. The van der Waals surface area contributed by atoms with Crippen LogP contribution in [0.4, 0.5) is 0 Å². The highest BCUT2D eigenvalue weighted by Gasteiger charge is 2.24. The lowest BCUT2D eigenvalue weighted by molar-refractivity contribution is -0.124. The Morgan fingerprint density at radius 1 is 1.08 bits per heavy atom. The predicted molar refractivity (Wildman–Crippen MR) is 102 cm³/mol. The van der Waals surface area contributed by atoms with Crippen molar-refractivity contribution in [2.45, 2.75) is 52.1 Å². The van der Waals surface area contributed by atoms with E-state index in [4.69, 9.17) is 0 Å². The summed E-state index contributed by atoms with van der Waals surface area (Å²) in [6.07, 6.45) is 4.98. The number of rotatable bonds is 5. The second kappa shape index (κ2) is 8.81. The van der Waals surface area contributed by atoms with E-state index in [1.54, 1.807) is 0 Å². The number of benzene rings is 1. The molecule has 4 heteroatoms. The van der Waals surface area contributed by atoms with Gasteiger partial charge >= 0.3 is 0 Å². The van der Waals surface area contributed by atoms with Gasteiger partial charge in [0.15, 0.2) is 0 Å². The van der Waals surface area contributed by atoms with E-state index < -0.39 is 0 Å². The van der Waals surface area contributed by atoms with Gasteiger partial charge in [-0.05, 0) is 36.8 Å². The smallest absolute Gasteiger partial charge is 0.234 e. The van der Waals surface area contributed by atoms with Gasteiger partial charge in [0.05, 0.1) is 6.54 Å². The quantitative estimate of drug-likeness (QED) is 0.893. The summed E-state index contributed by atoms with van der Waals surface area (Å²) in [6, 6.07) is 9.02. The Bertz CT molecular complexity index is 566. The first-order valence-electron chi connectivity index (χ1n) is 9.90. The Morgan fingerprint density at radius 2 is 1.76 bits per heavy atom. The van der Waals surface area contributed by atoms with E-state index in [2.05, 4.69) is 53.2 Å². The molecule has 0 aromatic heterocycles. The van der Waals surface area contributed by atoms with Crippen molar-refractivity contribution in [2.75, 3.05) is 32.7 Å². The fourth-order valence-corrected chi connectivity index (χ4v) is 4.12. The Morgan fingerprint density at radius 3 is 2.48 bits per heavy atom. The molecule has 2 fully saturated rings. The second-order valence-electron chi connectivity index (χ2n) is 7.91. The number of nitrogens with zero attached hydrogens (tertiary/aromatic N) is 2. The maximum atomic E-state index is 12.4. The van der Waals surface area contributed by atoms with Gasteiger partial charge in [0.1, 0.15) is 0 Å². The topological polar surface area (TPSA) is 35.6 Å². The van der Waals surface area contributed by atoms with E-state index in [1.807, 2.05) is 0 Å². The summed E-state index contributed by atoms with van der Waals surface area (Å²) in [5.41, 5.74) is 2.78. The lowest BCUT2D eigenvalue weighted by Crippen LogP contribution is -2.51. The van der Waals surface area contributed by atoms with Gasteiger partial charge in [0.2, 0.25) is 5.91 Å². The first-order valence-corrected chi connectivity index (χ1v) is 9.90. The van der Waals surface area contributed by atoms with E-state index >= 15 is 0 Å². The van der Waals surface area contributed by atoms with Crippen molar-refractivity contribution < 1.29 is 4.79 Å². The largest absolute Gasteiger partial charge is 0.352 e. The molecule has 1 aromatic rings. The molecule has 2 atom stereocenters. The summed E-state index contributed by atoms with van der Waals surface area (Å²) in [5.74, 6) is 0.842. The van der Waals surface area contributed by atoms with Crippen LogP contribution in [0.3, 0.4) is 0 Å². The zero-order valence-electron chi connectivity index (χ0n) is 15.8. The van der Waals surface area contributed by atoms with Crippen LogP contribution in [0, 0.1) is 12.8 Å². The van der Waals surface area contributed by atoms with E-state index in [-0.39, 0.29) is 5.91 Å². The molecule has 0 spiro atoms. The fraction of sp³-hybridized carbons (Fsp3) is 0.667. The summed E-state index contributed by atoms with van der Waals surface area (Å²) in [4.78, 5) is 17.2. The van der Waals surface area contributed by atoms with Crippen molar-refractivity contribution >= 4 is 5.91 Å². The van der Waals surface area contributed by atoms with Crippen molar-refractivity contribution in [2.24, 2.45) is 5.92 Å². The number of nitrogens with one attached hydrogen (secondary N) is 1. The Hall–Kier alpha value is -1.39. The van der Waals surface area contributed by atoms with Gasteiger partial charge < -0.3 is 5.32 Å². The number of hydrogen-bond acceptors (Lipinski definition) is 3. The highest BCUT2D eigenvalue weighted by molar-refractivity contribution is 5.78. The van der Waals surface area contributed by atoms with Crippen LogP contribution < -0.4 is 5.32 Å². The molecular formula is C21H33N3O. The number of amides is 1. The third kappa shape index (κ3) is 5.29. The van der Waals surface area contributed by atoms with Gasteiger partial charge in [-0.1, -0.05) is 44.0 Å². The lowest BCUT2D eigenvalue weighted by atomic mass is 9.86. The summed E-state index contributed by atoms with van der Waals surface area (Å²) in [6.45, 7) is 10.1. The van der Waals surface area contributed by atoms with Gasteiger partial charge in [-0.15, -0.1) is 0 Å².